The minimum Gasteiger partial charge on any atom is -0.496 e. The Labute approximate surface area is 155 Å². The van der Waals surface area contributed by atoms with Crippen molar-refractivity contribution in [1.29, 1.82) is 0 Å². The van der Waals surface area contributed by atoms with Crippen LogP contribution in [0.2, 0.25) is 0 Å². The third kappa shape index (κ3) is 5.70. The van der Waals surface area contributed by atoms with Gasteiger partial charge in [0.25, 0.3) is 0 Å². The Morgan fingerprint density at radius 1 is 1.12 bits per heavy atom. The first-order valence-electron chi connectivity index (χ1n) is 8.68. The molecule has 0 spiro atoms. The van der Waals surface area contributed by atoms with Crippen molar-refractivity contribution < 1.29 is 14.2 Å². The number of ether oxygens (including phenoxy) is 3. The van der Waals surface area contributed by atoms with Crippen LogP contribution in [0.4, 0.5) is 0 Å². The molecule has 2 heterocycles. The highest BCUT2D eigenvalue weighted by Crippen LogP contribution is 2.34. The van der Waals surface area contributed by atoms with Crippen molar-refractivity contribution in [2.24, 2.45) is 0 Å². The van der Waals surface area contributed by atoms with Gasteiger partial charge in [-0.3, -0.25) is 4.98 Å². The smallest absolute Gasteiger partial charge is 0.226 e. The largest absolute Gasteiger partial charge is 0.496 e. The van der Waals surface area contributed by atoms with E-state index in [0.29, 0.717) is 5.88 Å². The second-order valence-electron chi connectivity index (χ2n) is 5.77. The van der Waals surface area contributed by atoms with Crippen LogP contribution >= 0.6 is 0 Å². The van der Waals surface area contributed by atoms with E-state index < -0.39 is 0 Å². The van der Waals surface area contributed by atoms with Gasteiger partial charge >= 0.3 is 0 Å². The Morgan fingerprint density at radius 2 is 1.96 bits per heavy atom. The number of aromatic nitrogens is 2. The molecule has 2 aromatic rings. The molecule has 0 bridgehead atoms. The average molecular weight is 354 g/mol. The molecule has 2 aromatic heterocycles. The third-order valence-corrected chi connectivity index (χ3v) is 3.77. The van der Waals surface area contributed by atoms with Gasteiger partial charge in [0.1, 0.15) is 11.5 Å². The lowest BCUT2D eigenvalue weighted by Gasteiger charge is -2.12. The quantitative estimate of drug-likeness (QED) is 0.367. The summed E-state index contributed by atoms with van der Waals surface area (Å²) in [7, 11) is 1.64. The number of rotatable bonds is 9. The van der Waals surface area contributed by atoms with Crippen molar-refractivity contribution in [2.75, 3.05) is 20.3 Å². The van der Waals surface area contributed by atoms with Gasteiger partial charge in [-0.1, -0.05) is 11.6 Å². The first-order chi connectivity index (χ1) is 12.7. The summed E-state index contributed by atoms with van der Waals surface area (Å²) < 4.78 is 16.8. The van der Waals surface area contributed by atoms with Crippen molar-refractivity contribution in [3.05, 3.63) is 60.3 Å². The molecule has 5 nitrogen and oxygen atoms in total. The minimum atomic E-state index is 0.521. The molecule has 0 fully saturated rings. The van der Waals surface area contributed by atoms with Gasteiger partial charge in [0.15, 0.2) is 0 Å². The van der Waals surface area contributed by atoms with E-state index in [1.54, 1.807) is 25.7 Å². The SMILES string of the molecule is CCOCC/C(C)=C/C=C(\C)Oc1ncccc1-c1cnccc1OC. The Kier molecular flexibility index (Phi) is 7.83. The predicted molar refractivity (Wildman–Crippen MR) is 103 cm³/mol. The molecule has 0 atom stereocenters. The lowest BCUT2D eigenvalue weighted by molar-refractivity contribution is 0.151. The second-order valence-corrected chi connectivity index (χ2v) is 5.77. The molecule has 0 radical (unpaired) electrons. The van der Waals surface area contributed by atoms with Crippen LogP contribution in [0.15, 0.2) is 60.3 Å². The monoisotopic (exact) mass is 354 g/mol. The molecule has 0 amide bonds. The normalized spacial score (nSPS) is 12.2. The summed E-state index contributed by atoms with van der Waals surface area (Å²) >= 11 is 0. The van der Waals surface area contributed by atoms with Crippen LogP contribution in [0.1, 0.15) is 27.2 Å². The molecule has 26 heavy (non-hydrogen) atoms. The molecule has 0 saturated heterocycles. The maximum absolute atomic E-state index is 5.97. The summed E-state index contributed by atoms with van der Waals surface area (Å²) in [5.74, 6) is 2.00. The lowest BCUT2D eigenvalue weighted by atomic mass is 10.1. The number of hydrogen-bond acceptors (Lipinski definition) is 5. The van der Waals surface area contributed by atoms with Gasteiger partial charge in [-0.25, -0.2) is 4.98 Å². The van der Waals surface area contributed by atoms with Crippen molar-refractivity contribution in [3.63, 3.8) is 0 Å². The fourth-order valence-corrected chi connectivity index (χ4v) is 2.35. The van der Waals surface area contributed by atoms with Crippen LogP contribution in [0.3, 0.4) is 0 Å². The van der Waals surface area contributed by atoms with Crippen LogP contribution in [0, 0.1) is 0 Å². The van der Waals surface area contributed by atoms with Crippen LogP contribution < -0.4 is 9.47 Å². The zero-order valence-electron chi connectivity index (χ0n) is 15.9. The number of allylic oxidation sites excluding steroid dienone is 3. The molecule has 0 saturated carbocycles. The summed E-state index contributed by atoms with van der Waals surface area (Å²) in [5, 5.41) is 0. The highest BCUT2D eigenvalue weighted by molar-refractivity contribution is 5.73. The Balaban J connectivity index is 2.17. The third-order valence-electron chi connectivity index (χ3n) is 3.77. The molecular weight excluding hydrogens is 328 g/mol. The van der Waals surface area contributed by atoms with Crippen molar-refractivity contribution in [2.45, 2.75) is 27.2 Å². The summed E-state index contributed by atoms with van der Waals surface area (Å²) in [6, 6.07) is 5.63. The molecule has 0 aliphatic carbocycles. The second kappa shape index (κ2) is 10.4. The number of hydrogen-bond donors (Lipinski definition) is 0. The standard InChI is InChI=1S/C21H26N2O3/c1-5-25-14-11-16(2)8-9-17(3)26-21-18(7-6-12-23-21)19-15-22-13-10-20(19)24-4/h6-10,12-13,15H,5,11,14H2,1-4H3/b16-8+,17-9+. The molecule has 0 aliphatic heterocycles. The van der Waals surface area contributed by atoms with E-state index in [9.17, 15) is 0 Å². The average Bonchev–Trinajstić information content (AvgIpc) is 2.67. The molecule has 0 aliphatic rings. The molecule has 0 N–H and O–H groups in total. The van der Waals surface area contributed by atoms with Crippen LogP contribution in [0.25, 0.3) is 11.1 Å². The van der Waals surface area contributed by atoms with Crippen molar-refractivity contribution >= 4 is 0 Å². The summed E-state index contributed by atoms with van der Waals surface area (Å²) in [6.45, 7) is 7.46. The van der Waals surface area contributed by atoms with E-state index in [4.69, 9.17) is 14.2 Å². The topological polar surface area (TPSA) is 53.5 Å². The van der Waals surface area contributed by atoms with Crippen LogP contribution in [-0.4, -0.2) is 30.3 Å². The Hall–Kier alpha value is -2.66. The number of pyridine rings is 2. The molecule has 0 unspecified atom stereocenters. The summed E-state index contributed by atoms with van der Waals surface area (Å²) in [5.41, 5.74) is 2.91. The fourth-order valence-electron chi connectivity index (χ4n) is 2.35. The predicted octanol–water partition coefficient (Wildman–Crippen LogP) is 4.81. The van der Waals surface area contributed by atoms with Gasteiger partial charge in [0, 0.05) is 36.3 Å². The Morgan fingerprint density at radius 3 is 2.73 bits per heavy atom. The van der Waals surface area contributed by atoms with Crippen molar-refractivity contribution in [1.82, 2.24) is 9.97 Å². The first kappa shape index (κ1) is 19.7. The number of nitrogens with zero attached hydrogens (tertiary/aromatic N) is 2. The molecule has 0 aromatic carbocycles. The van der Waals surface area contributed by atoms with Gasteiger partial charge in [0.2, 0.25) is 5.88 Å². The van der Waals surface area contributed by atoms with Gasteiger partial charge < -0.3 is 14.2 Å². The zero-order valence-corrected chi connectivity index (χ0v) is 15.9. The molecule has 138 valence electrons. The van der Waals surface area contributed by atoms with Crippen molar-refractivity contribution in [3.8, 4) is 22.8 Å². The highest BCUT2D eigenvalue weighted by atomic mass is 16.5. The van der Waals surface area contributed by atoms with E-state index in [1.165, 1.54) is 5.57 Å². The number of methoxy groups -OCH3 is 1. The van der Waals surface area contributed by atoms with E-state index in [2.05, 4.69) is 16.9 Å². The lowest BCUT2D eigenvalue weighted by Crippen LogP contribution is -1.97. The van der Waals surface area contributed by atoms with Gasteiger partial charge in [-0.2, -0.15) is 0 Å². The summed E-state index contributed by atoms with van der Waals surface area (Å²) in [6.07, 6.45) is 10.0. The maximum atomic E-state index is 5.97. The van der Waals surface area contributed by atoms with E-state index in [1.807, 2.05) is 44.2 Å². The van der Waals surface area contributed by atoms with Crippen LogP contribution in [-0.2, 0) is 4.74 Å². The molecular formula is C21H26N2O3. The van der Waals surface area contributed by atoms with Gasteiger partial charge in [-0.15, -0.1) is 0 Å². The van der Waals surface area contributed by atoms with Gasteiger partial charge in [0.05, 0.1) is 13.7 Å². The summed E-state index contributed by atoms with van der Waals surface area (Å²) in [4.78, 5) is 8.56. The van der Waals surface area contributed by atoms with E-state index in [0.717, 1.165) is 42.3 Å². The Bertz CT molecular complexity index is 769. The zero-order chi connectivity index (χ0) is 18.8. The molecule has 5 heteroatoms. The first-order valence-corrected chi connectivity index (χ1v) is 8.68. The minimum absolute atomic E-state index is 0.521. The van der Waals surface area contributed by atoms with Gasteiger partial charge in [-0.05, 0) is 51.5 Å². The van der Waals surface area contributed by atoms with E-state index >= 15 is 0 Å². The highest BCUT2D eigenvalue weighted by Gasteiger charge is 2.12. The van der Waals surface area contributed by atoms with Crippen LogP contribution in [0.5, 0.6) is 11.6 Å². The van der Waals surface area contributed by atoms with E-state index in [-0.39, 0.29) is 0 Å². The fraction of sp³-hybridized carbons (Fsp3) is 0.333. The molecule has 2 rings (SSSR count). The maximum Gasteiger partial charge on any atom is 0.226 e.